The van der Waals surface area contributed by atoms with Gasteiger partial charge in [0, 0.05) is 19.0 Å². The maximum atomic E-state index is 12.8. The number of urea groups is 1. The molecule has 0 aromatic heterocycles. The van der Waals surface area contributed by atoms with Crippen molar-refractivity contribution in [2.24, 2.45) is 5.73 Å². The van der Waals surface area contributed by atoms with Crippen LogP contribution in [-0.2, 0) is 4.79 Å². The number of likely N-dealkylation sites (tertiary alicyclic amines) is 1. The van der Waals surface area contributed by atoms with E-state index in [1.54, 1.807) is 17.0 Å². The standard InChI is InChI=1S/C18H20N4O4S/c1-26-13-8-10(4-5-12(13)23)14-11(9-19)16(20)27-15(14)17(24)21-18(25)22-6-2-3-7-22/h4-5,8,14-15,23H,2-3,6-7,20H2,1H3,(H,21,24,25). The number of carbonyl (C=O) groups excluding carboxylic acids is 2. The molecular weight excluding hydrogens is 368 g/mol. The van der Waals surface area contributed by atoms with Crippen LogP contribution in [0.2, 0.25) is 0 Å². The Kier molecular flexibility index (Phi) is 5.46. The summed E-state index contributed by atoms with van der Waals surface area (Å²) in [4.78, 5) is 26.6. The lowest BCUT2D eigenvalue weighted by Crippen LogP contribution is -2.45. The van der Waals surface area contributed by atoms with Crippen molar-refractivity contribution in [3.05, 3.63) is 34.4 Å². The van der Waals surface area contributed by atoms with Gasteiger partial charge in [-0.2, -0.15) is 5.26 Å². The summed E-state index contributed by atoms with van der Waals surface area (Å²) < 4.78 is 5.12. The first-order chi connectivity index (χ1) is 13.0. The van der Waals surface area contributed by atoms with Crippen LogP contribution in [0.15, 0.2) is 28.8 Å². The highest BCUT2D eigenvalue weighted by Crippen LogP contribution is 2.46. The van der Waals surface area contributed by atoms with Gasteiger partial charge < -0.3 is 20.5 Å². The van der Waals surface area contributed by atoms with Gasteiger partial charge in [0.1, 0.15) is 5.25 Å². The second kappa shape index (κ2) is 7.80. The fourth-order valence-corrected chi connectivity index (χ4v) is 4.48. The molecule has 0 bridgehead atoms. The average molecular weight is 388 g/mol. The topological polar surface area (TPSA) is 129 Å². The van der Waals surface area contributed by atoms with Crippen molar-refractivity contribution in [2.75, 3.05) is 20.2 Å². The molecule has 0 spiro atoms. The van der Waals surface area contributed by atoms with Gasteiger partial charge in [0.15, 0.2) is 11.5 Å². The van der Waals surface area contributed by atoms with Gasteiger partial charge in [-0.15, -0.1) is 0 Å². The Balaban J connectivity index is 1.87. The number of benzene rings is 1. The number of carbonyl (C=O) groups is 2. The summed E-state index contributed by atoms with van der Waals surface area (Å²) in [6.45, 7) is 1.25. The molecule has 3 amide bonds. The monoisotopic (exact) mass is 388 g/mol. The molecule has 2 unspecified atom stereocenters. The fourth-order valence-electron chi connectivity index (χ4n) is 3.31. The van der Waals surface area contributed by atoms with Crippen LogP contribution in [0.4, 0.5) is 4.79 Å². The molecule has 1 saturated heterocycles. The van der Waals surface area contributed by atoms with Gasteiger partial charge in [-0.25, -0.2) is 4.79 Å². The number of ether oxygens (including phenoxy) is 1. The number of phenolic OH excluding ortho intramolecular Hbond substituents is 1. The van der Waals surface area contributed by atoms with Gasteiger partial charge in [0.2, 0.25) is 5.91 Å². The molecule has 3 rings (SSSR count). The molecule has 9 heteroatoms. The van der Waals surface area contributed by atoms with Crippen LogP contribution in [0.5, 0.6) is 11.5 Å². The maximum Gasteiger partial charge on any atom is 0.324 e. The number of rotatable bonds is 3. The van der Waals surface area contributed by atoms with Gasteiger partial charge in [0.25, 0.3) is 0 Å². The van der Waals surface area contributed by atoms with E-state index in [1.807, 2.05) is 0 Å². The summed E-state index contributed by atoms with van der Waals surface area (Å²) in [6.07, 6.45) is 1.84. The zero-order chi connectivity index (χ0) is 19.6. The smallest absolute Gasteiger partial charge is 0.324 e. The van der Waals surface area contributed by atoms with E-state index < -0.39 is 23.1 Å². The lowest BCUT2D eigenvalue weighted by Gasteiger charge is -2.22. The largest absolute Gasteiger partial charge is 0.504 e. The van der Waals surface area contributed by atoms with Crippen molar-refractivity contribution >= 4 is 23.7 Å². The molecule has 2 heterocycles. The minimum absolute atomic E-state index is 0.0485. The molecule has 1 fully saturated rings. The number of methoxy groups -OCH3 is 1. The number of phenols is 1. The number of nitrogens with two attached hydrogens (primary N) is 1. The first-order valence-corrected chi connectivity index (χ1v) is 9.37. The summed E-state index contributed by atoms with van der Waals surface area (Å²) in [7, 11) is 1.41. The van der Waals surface area contributed by atoms with Crippen molar-refractivity contribution in [3.63, 3.8) is 0 Å². The van der Waals surface area contributed by atoms with Crippen LogP contribution < -0.4 is 15.8 Å². The Hall–Kier alpha value is -2.86. The summed E-state index contributed by atoms with van der Waals surface area (Å²) in [5.74, 6) is -0.955. The molecule has 8 nitrogen and oxygen atoms in total. The molecule has 142 valence electrons. The van der Waals surface area contributed by atoms with E-state index in [9.17, 15) is 20.0 Å². The predicted molar refractivity (Wildman–Crippen MR) is 100.0 cm³/mol. The normalized spacial score (nSPS) is 21.9. The highest BCUT2D eigenvalue weighted by Gasteiger charge is 2.42. The number of thioether (sulfide) groups is 1. The lowest BCUT2D eigenvalue weighted by atomic mass is 9.88. The van der Waals surface area contributed by atoms with Gasteiger partial charge >= 0.3 is 6.03 Å². The highest BCUT2D eigenvalue weighted by atomic mass is 32.2. The van der Waals surface area contributed by atoms with Crippen LogP contribution >= 0.6 is 11.8 Å². The molecule has 0 radical (unpaired) electrons. The number of hydrogen-bond donors (Lipinski definition) is 3. The Morgan fingerprint density at radius 3 is 2.74 bits per heavy atom. The van der Waals surface area contributed by atoms with Crippen LogP contribution in [0, 0.1) is 11.3 Å². The quantitative estimate of drug-likeness (QED) is 0.718. The SMILES string of the molecule is COc1cc(C2C(C#N)=C(N)SC2C(=O)NC(=O)N2CCCC2)ccc1O. The first-order valence-electron chi connectivity index (χ1n) is 8.49. The van der Waals surface area contributed by atoms with Crippen molar-refractivity contribution in [1.29, 1.82) is 5.26 Å². The van der Waals surface area contributed by atoms with Gasteiger partial charge in [-0.1, -0.05) is 17.8 Å². The zero-order valence-electron chi connectivity index (χ0n) is 14.8. The summed E-state index contributed by atoms with van der Waals surface area (Å²) in [5, 5.41) is 21.2. The minimum atomic E-state index is -0.763. The third kappa shape index (κ3) is 3.66. The van der Waals surface area contributed by atoms with Crippen molar-refractivity contribution in [1.82, 2.24) is 10.2 Å². The van der Waals surface area contributed by atoms with E-state index in [0.717, 1.165) is 24.6 Å². The Morgan fingerprint density at radius 2 is 2.11 bits per heavy atom. The minimum Gasteiger partial charge on any atom is -0.504 e. The zero-order valence-corrected chi connectivity index (χ0v) is 15.6. The lowest BCUT2D eigenvalue weighted by molar-refractivity contribution is -0.119. The number of allylic oxidation sites excluding steroid dienone is 1. The van der Waals surface area contributed by atoms with E-state index in [2.05, 4.69) is 11.4 Å². The third-order valence-corrected chi connectivity index (χ3v) is 5.91. The molecule has 0 aliphatic carbocycles. The van der Waals surface area contributed by atoms with Gasteiger partial charge in [0.05, 0.1) is 23.8 Å². The molecule has 1 aromatic carbocycles. The molecule has 1 aromatic rings. The summed E-state index contributed by atoms with van der Waals surface area (Å²) in [6, 6.07) is 6.25. The van der Waals surface area contributed by atoms with E-state index in [1.165, 1.54) is 13.2 Å². The van der Waals surface area contributed by atoms with Crippen LogP contribution in [-0.4, -0.2) is 47.4 Å². The predicted octanol–water partition coefficient (Wildman–Crippen LogP) is 1.63. The molecule has 2 aliphatic rings. The number of nitrogens with zero attached hydrogens (tertiary/aromatic N) is 2. The third-order valence-electron chi connectivity index (χ3n) is 4.70. The number of hydrogen-bond acceptors (Lipinski definition) is 7. The molecule has 2 atom stereocenters. The van der Waals surface area contributed by atoms with E-state index in [-0.39, 0.29) is 22.1 Å². The number of nitrogens with one attached hydrogen (secondary N) is 1. The van der Waals surface area contributed by atoms with E-state index in [4.69, 9.17) is 10.5 Å². The van der Waals surface area contributed by atoms with Gasteiger partial charge in [-0.3, -0.25) is 10.1 Å². The van der Waals surface area contributed by atoms with Crippen LogP contribution in [0.25, 0.3) is 0 Å². The molecule has 2 aliphatic heterocycles. The van der Waals surface area contributed by atoms with Gasteiger partial charge in [-0.05, 0) is 30.5 Å². The average Bonchev–Trinajstić information content (AvgIpc) is 3.30. The Labute approximate surface area is 161 Å². The fraction of sp³-hybridized carbons (Fsp3) is 0.389. The molecule has 27 heavy (non-hydrogen) atoms. The van der Waals surface area contributed by atoms with Crippen molar-refractivity contribution in [2.45, 2.75) is 24.0 Å². The van der Waals surface area contributed by atoms with E-state index >= 15 is 0 Å². The molecular formula is C18H20N4O4S. The second-order valence-electron chi connectivity index (χ2n) is 6.33. The van der Waals surface area contributed by atoms with Crippen LogP contribution in [0.3, 0.4) is 0 Å². The number of amides is 3. The van der Waals surface area contributed by atoms with Crippen molar-refractivity contribution in [3.8, 4) is 17.6 Å². The number of aromatic hydroxyl groups is 1. The molecule has 0 saturated carbocycles. The summed E-state index contributed by atoms with van der Waals surface area (Å²) >= 11 is 1.06. The van der Waals surface area contributed by atoms with E-state index in [0.29, 0.717) is 18.7 Å². The Bertz CT molecular complexity index is 842. The summed E-state index contributed by atoms with van der Waals surface area (Å²) in [5.41, 5.74) is 6.83. The second-order valence-corrected chi connectivity index (χ2v) is 7.51. The van der Waals surface area contributed by atoms with Crippen LogP contribution in [0.1, 0.15) is 24.3 Å². The van der Waals surface area contributed by atoms with Crippen molar-refractivity contribution < 1.29 is 19.4 Å². The Morgan fingerprint density at radius 1 is 1.41 bits per heavy atom. The molecule has 4 N–H and O–H groups in total. The first kappa shape index (κ1) is 18.9. The highest BCUT2D eigenvalue weighted by molar-refractivity contribution is 8.04. The number of nitriles is 1. The number of imide groups is 1. The maximum absolute atomic E-state index is 12.8.